The van der Waals surface area contributed by atoms with E-state index in [1.165, 1.54) is 4.68 Å². The third-order valence-electron chi connectivity index (χ3n) is 6.51. The number of benzene rings is 1. The van der Waals surface area contributed by atoms with Crippen molar-refractivity contribution in [2.75, 3.05) is 25.0 Å². The Morgan fingerprint density at radius 2 is 1.85 bits per heavy atom. The van der Waals surface area contributed by atoms with E-state index in [0.29, 0.717) is 37.4 Å². The van der Waals surface area contributed by atoms with Crippen LogP contribution in [0, 0.1) is 0 Å². The quantitative estimate of drug-likeness (QED) is 0.486. The van der Waals surface area contributed by atoms with Gasteiger partial charge in [-0.3, -0.25) is 14.8 Å². The Morgan fingerprint density at radius 3 is 2.59 bits per heavy atom. The fourth-order valence-electron chi connectivity index (χ4n) is 4.68. The Balaban J connectivity index is 1.58. The van der Waals surface area contributed by atoms with Gasteiger partial charge in [-0.15, -0.1) is 0 Å². The molecule has 10 heteroatoms. The predicted molar refractivity (Wildman–Crippen MR) is 125 cm³/mol. The first-order chi connectivity index (χ1) is 16.3. The van der Waals surface area contributed by atoms with Crippen LogP contribution in [0.25, 0.3) is 11.0 Å². The molecule has 1 aliphatic rings. The van der Waals surface area contributed by atoms with Crippen LogP contribution in [0.1, 0.15) is 50.1 Å². The number of nitrogens with one attached hydrogen (secondary N) is 1. The molecule has 1 amide bonds. The summed E-state index contributed by atoms with van der Waals surface area (Å²) in [6.45, 7) is 7.16. The molecule has 0 saturated carbocycles. The number of anilines is 1. The van der Waals surface area contributed by atoms with Gasteiger partial charge < -0.3 is 9.47 Å². The summed E-state index contributed by atoms with van der Waals surface area (Å²) in [6.07, 6.45) is -1.34. The van der Waals surface area contributed by atoms with Gasteiger partial charge in [-0.25, -0.2) is 4.98 Å². The van der Waals surface area contributed by atoms with Gasteiger partial charge in [0.1, 0.15) is 6.54 Å². The van der Waals surface area contributed by atoms with Gasteiger partial charge in [-0.1, -0.05) is 32.4 Å². The Kier molecular flexibility index (Phi) is 7.25. The molecule has 0 saturated heterocycles. The number of nitrogens with zero attached hydrogens (tertiary/aromatic N) is 5. The minimum atomic E-state index is -4.53. The molecule has 4 rings (SSSR count). The van der Waals surface area contributed by atoms with Gasteiger partial charge in [0.05, 0.1) is 11.0 Å². The molecule has 184 valence electrons. The Labute approximate surface area is 196 Å². The lowest BCUT2D eigenvalue weighted by molar-refractivity contribution is -0.142. The molecule has 34 heavy (non-hydrogen) atoms. The van der Waals surface area contributed by atoms with Gasteiger partial charge in [-0.2, -0.15) is 18.3 Å². The second kappa shape index (κ2) is 10.2. The first kappa shape index (κ1) is 24.3. The summed E-state index contributed by atoms with van der Waals surface area (Å²) < 4.78 is 44.0. The second-order valence-corrected chi connectivity index (χ2v) is 8.64. The Morgan fingerprint density at radius 1 is 1.12 bits per heavy atom. The van der Waals surface area contributed by atoms with Gasteiger partial charge in [0.25, 0.3) is 0 Å². The third-order valence-corrected chi connectivity index (χ3v) is 6.51. The average molecular weight is 477 g/mol. The van der Waals surface area contributed by atoms with Crippen molar-refractivity contribution in [3.63, 3.8) is 0 Å². The van der Waals surface area contributed by atoms with Crippen molar-refractivity contribution in [3.8, 4) is 0 Å². The summed E-state index contributed by atoms with van der Waals surface area (Å²) in [5, 5.41) is 6.66. The van der Waals surface area contributed by atoms with Crippen LogP contribution in [-0.2, 0) is 36.9 Å². The van der Waals surface area contributed by atoms with Gasteiger partial charge in [0.15, 0.2) is 5.69 Å². The van der Waals surface area contributed by atoms with Crippen LogP contribution >= 0.6 is 0 Å². The summed E-state index contributed by atoms with van der Waals surface area (Å²) in [6, 6.07) is 7.62. The van der Waals surface area contributed by atoms with Crippen LogP contribution in [-0.4, -0.2) is 49.8 Å². The summed E-state index contributed by atoms with van der Waals surface area (Å²) in [7, 11) is 0. The maximum atomic E-state index is 13.6. The molecule has 2 heterocycles. The highest BCUT2D eigenvalue weighted by molar-refractivity contribution is 5.91. The molecule has 0 unspecified atom stereocenters. The largest absolute Gasteiger partial charge is 0.435 e. The molecule has 7 nitrogen and oxygen atoms in total. The molecule has 1 aliphatic carbocycles. The molecule has 0 atom stereocenters. The molecule has 0 spiro atoms. The maximum Gasteiger partial charge on any atom is 0.435 e. The van der Waals surface area contributed by atoms with Crippen LogP contribution < -0.4 is 5.32 Å². The van der Waals surface area contributed by atoms with Gasteiger partial charge in [0, 0.05) is 24.3 Å². The summed E-state index contributed by atoms with van der Waals surface area (Å²) in [4.78, 5) is 19.8. The number of carbonyl (C=O) groups excluding carboxylic acids is 1. The topological polar surface area (TPSA) is 68.0 Å². The molecule has 0 aliphatic heterocycles. The Hall–Kier alpha value is -2.88. The number of aromatic nitrogens is 4. The number of halogens is 3. The number of fused-ring (bicyclic) bond motifs is 2. The SMILES string of the molecule is CCN(CC)CCn1c(NC(=O)Cn2nc(C(F)(F)F)c3c2CCCCC3)nc2ccccc21. The predicted octanol–water partition coefficient (Wildman–Crippen LogP) is 4.50. The number of hydrogen-bond donors (Lipinski definition) is 1. The fourth-order valence-corrected chi connectivity index (χ4v) is 4.68. The minimum absolute atomic E-state index is 0.240. The third kappa shape index (κ3) is 5.11. The fraction of sp³-hybridized carbons (Fsp3) is 0.542. The van der Waals surface area contributed by atoms with E-state index in [0.717, 1.165) is 43.5 Å². The van der Waals surface area contributed by atoms with Gasteiger partial charge in [0.2, 0.25) is 11.9 Å². The number of alkyl halides is 3. The highest BCUT2D eigenvalue weighted by Crippen LogP contribution is 2.35. The number of hydrogen-bond acceptors (Lipinski definition) is 4. The molecule has 0 radical (unpaired) electrons. The van der Waals surface area contributed by atoms with E-state index in [1.807, 2.05) is 28.8 Å². The zero-order valence-electron chi connectivity index (χ0n) is 19.7. The van der Waals surface area contributed by atoms with Crippen LogP contribution in [0.4, 0.5) is 19.1 Å². The van der Waals surface area contributed by atoms with Crippen molar-refractivity contribution in [1.82, 2.24) is 24.2 Å². The van der Waals surface area contributed by atoms with E-state index in [9.17, 15) is 18.0 Å². The highest BCUT2D eigenvalue weighted by Gasteiger charge is 2.39. The molecular formula is C24H31F3N6O. The summed E-state index contributed by atoms with van der Waals surface area (Å²) in [5.41, 5.74) is 1.56. The normalized spacial score (nSPS) is 14.4. The number of carbonyl (C=O) groups is 1. The number of rotatable bonds is 8. The Bertz CT molecular complexity index is 1150. The minimum Gasteiger partial charge on any atom is -0.309 e. The van der Waals surface area contributed by atoms with Crippen LogP contribution in [0.3, 0.4) is 0 Å². The van der Waals surface area contributed by atoms with Crippen molar-refractivity contribution in [2.45, 2.75) is 65.2 Å². The number of para-hydroxylation sites is 2. The zero-order chi connectivity index (χ0) is 24.3. The molecule has 1 aromatic carbocycles. The highest BCUT2D eigenvalue weighted by atomic mass is 19.4. The van der Waals surface area contributed by atoms with Crippen LogP contribution in [0.15, 0.2) is 24.3 Å². The monoisotopic (exact) mass is 476 g/mol. The van der Waals surface area contributed by atoms with Gasteiger partial charge >= 0.3 is 6.18 Å². The first-order valence-corrected chi connectivity index (χ1v) is 11.9. The lowest BCUT2D eigenvalue weighted by Crippen LogP contribution is -2.28. The second-order valence-electron chi connectivity index (χ2n) is 8.64. The summed E-state index contributed by atoms with van der Waals surface area (Å²) in [5.74, 6) is -0.0460. The van der Waals surface area contributed by atoms with E-state index >= 15 is 0 Å². The lowest BCUT2D eigenvalue weighted by atomic mass is 10.1. The smallest absolute Gasteiger partial charge is 0.309 e. The standard InChI is InChI=1S/C24H31F3N6O/c1-3-31(4-2)14-15-32-20-13-9-8-11-18(20)28-23(32)29-21(34)16-33-19-12-7-5-6-10-17(19)22(30-33)24(25,26)27/h8-9,11,13H,3-7,10,12,14-16H2,1-2H3,(H,28,29,34). The molecule has 2 aromatic heterocycles. The van der Waals surface area contributed by atoms with E-state index in [1.54, 1.807) is 0 Å². The van der Waals surface area contributed by atoms with Crippen molar-refractivity contribution < 1.29 is 18.0 Å². The zero-order valence-corrected chi connectivity index (χ0v) is 19.7. The average Bonchev–Trinajstić information content (AvgIpc) is 3.21. The van der Waals surface area contributed by atoms with Crippen molar-refractivity contribution in [3.05, 3.63) is 41.2 Å². The number of likely N-dealkylation sites (N-methyl/N-ethyl adjacent to an activating group) is 1. The maximum absolute atomic E-state index is 13.6. The van der Waals surface area contributed by atoms with E-state index in [-0.39, 0.29) is 12.1 Å². The van der Waals surface area contributed by atoms with E-state index in [4.69, 9.17) is 0 Å². The molecule has 0 bridgehead atoms. The van der Waals surface area contributed by atoms with Crippen molar-refractivity contribution in [2.24, 2.45) is 0 Å². The van der Waals surface area contributed by atoms with Gasteiger partial charge in [-0.05, 0) is 50.9 Å². The van der Waals surface area contributed by atoms with Crippen LogP contribution in [0.5, 0.6) is 0 Å². The van der Waals surface area contributed by atoms with E-state index < -0.39 is 17.8 Å². The van der Waals surface area contributed by atoms with E-state index in [2.05, 4.69) is 34.1 Å². The van der Waals surface area contributed by atoms with Crippen molar-refractivity contribution in [1.29, 1.82) is 0 Å². The number of amides is 1. The summed E-state index contributed by atoms with van der Waals surface area (Å²) >= 11 is 0. The molecule has 3 aromatic rings. The lowest BCUT2D eigenvalue weighted by Gasteiger charge is -2.19. The number of imidazole rings is 1. The molecule has 1 N–H and O–H groups in total. The molecular weight excluding hydrogens is 445 g/mol. The van der Waals surface area contributed by atoms with Crippen molar-refractivity contribution >= 4 is 22.9 Å². The molecule has 0 fully saturated rings. The first-order valence-electron chi connectivity index (χ1n) is 11.9. The van der Waals surface area contributed by atoms with Crippen LogP contribution in [0.2, 0.25) is 0 Å².